The van der Waals surface area contributed by atoms with Gasteiger partial charge in [0.2, 0.25) is 0 Å². The van der Waals surface area contributed by atoms with Crippen LogP contribution in [0.25, 0.3) is 0 Å². The molecule has 0 spiro atoms. The van der Waals surface area contributed by atoms with E-state index in [0.29, 0.717) is 18.1 Å². The molecule has 0 aliphatic heterocycles. The fourth-order valence-electron chi connectivity index (χ4n) is 2.06. The quantitative estimate of drug-likeness (QED) is 0.916. The van der Waals surface area contributed by atoms with E-state index in [1.54, 1.807) is 18.1 Å². The molecule has 0 bridgehead atoms. The number of carbonyl (C=O) groups is 1. The summed E-state index contributed by atoms with van der Waals surface area (Å²) in [6, 6.07) is 8.12. The molecule has 0 saturated heterocycles. The molecule has 1 aromatic heterocycles. The molecular formula is C16H20N4O. The van der Waals surface area contributed by atoms with Gasteiger partial charge in [0.1, 0.15) is 11.5 Å². The van der Waals surface area contributed by atoms with Crippen LogP contribution in [0.4, 0.5) is 5.82 Å². The minimum Gasteiger partial charge on any atom is -0.369 e. The van der Waals surface area contributed by atoms with Crippen LogP contribution in [0, 0.1) is 6.92 Å². The van der Waals surface area contributed by atoms with E-state index in [-0.39, 0.29) is 5.91 Å². The van der Waals surface area contributed by atoms with Crippen molar-refractivity contribution in [2.45, 2.75) is 20.4 Å². The number of hydrogen-bond acceptors (Lipinski definition) is 4. The Kier molecular flexibility index (Phi) is 4.87. The molecule has 5 heteroatoms. The van der Waals surface area contributed by atoms with Gasteiger partial charge in [-0.05, 0) is 19.4 Å². The molecule has 1 amide bonds. The zero-order valence-electron chi connectivity index (χ0n) is 12.6. The summed E-state index contributed by atoms with van der Waals surface area (Å²) >= 11 is 0. The number of nitrogens with zero attached hydrogens (tertiary/aromatic N) is 3. The van der Waals surface area contributed by atoms with Gasteiger partial charge in [-0.2, -0.15) is 0 Å². The number of aromatic nitrogens is 2. The molecular weight excluding hydrogens is 264 g/mol. The second-order valence-corrected chi connectivity index (χ2v) is 4.97. The van der Waals surface area contributed by atoms with Crippen molar-refractivity contribution in [3.63, 3.8) is 0 Å². The maximum absolute atomic E-state index is 12.3. The van der Waals surface area contributed by atoms with Gasteiger partial charge in [0.25, 0.3) is 5.91 Å². The van der Waals surface area contributed by atoms with Crippen LogP contribution in [0.15, 0.2) is 36.7 Å². The van der Waals surface area contributed by atoms with E-state index in [2.05, 4.69) is 21.4 Å². The molecule has 2 aromatic rings. The molecule has 0 atom stereocenters. The third-order valence-electron chi connectivity index (χ3n) is 3.08. The molecule has 0 aliphatic rings. The fourth-order valence-corrected chi connectivity index (χ4v) is 2.06. The standard InChI is InChI=1S/C16H20N4O/c1-4-17-15-10-18-14(9-19-15)16(21)20(3)11-13-7-5-6-12(2)8-13/h5-10H,4,11H2,1-3H3,(H,17,19). The minimum absolute atomic E-state index is 0.132. The highest BCUT2D eigenvalue weighted by Crippen LogP contribution is 2.09. The zero-order chi connectivity index (χ0) is 15.2. The number of nitrogens with one attached hydrogen (secondary N) is 1. The Balaban J connectivity index is 2.04. The van der Waals surface area contributed by atoms with Crippen LogP contribution < -0.4 is 5.32 Å². The largest absolute Gasteiger partial charge is 0.369 e. The van der Waals surface area contributed by atoms with Crippen molar-refractivity contribution in [1.29, 1.82) is 0 Å². The second-order valence-electron chi connectivity index (χ2n) is 4.97. The first-order valence-corrected chi connectivity index (χ1v) is 6.97. The monoisotopic (exact) mass is 284 g/mol. The van der Waals surface area contributed by atoms with Gasteiger partial charge in [-0.25, -0.2) is 9.97 Å². The Morgan fingerprint density at radius 3 is 2.71 bits per heavy atom. The number of carbonyl (C=O) groups excluding carboxylic acids is 1. The second kappa shape index (κ2) is 6.83. The molecule has 0 aliphatic carbocycles. The highest BCUT2D eigenvalue weighted by atomic mass is 16.2. The highest BCUT2D eigenvalue weighted by Gasteiger charge is 2.14. The summed E-state index contributed by atoms with van der Waals surface area (Å²) in [5.41, 5.74) is 2.64. The average molecular weight is 284 g/mol. The Morgan fingerprint density at radius 2 is 2.10 bits per heavy atom. The van der Waals surface area contributed by atoms with Crippen molar-refractivity contribution >= 4 is 11.7 Å². The van der Waals surface area contributed by atoms with Gasteiger partial charge in [-0.15, -0.1) is 0 Å². The highest BCUT2D eigenvalue weighted by molar-refractivity contribution is 5.91. The van der Waals surface area contributed by atoms with Crippen LogP contribution in [-0.2, 0) is 6.54 Å². The topological polar surface area (TPSA) is 58.1 Å². The van der Waals surface area contributed by atoms with E-state index in [9.17, 15) is 4.79 Å². The Labute approximate surface area is 125 Å². The third-order valence-corrected chi connectivity index (χ3v) is 3.08. The number of rotatable bonds is 5. The first-order valence-electron chi connectivity index (χ1n) is 6.97. The molecule has 21 heavy (non-hydrogen) atoms. The van der Waals surface area contributed by atoms with Crippen LogP contribution in [-0.4, -0.2) is 34.4 Å². The molecule has 1 N–H and O–H groups in total. The van der Waals surface area contributed by atoms with Gasteiger partial charge in [-0.1, -0.05) is 29.8 Å². The summed E-state index contributed by atoms with van der Waals surface area (Å²) in [7, 11) is 1.77. The number of aryl methyl sites for hydroxylation is 1. The smallest absolute Gasteiger partial charge is 0.274 e. The first kappa shape index (κ1) is 15.0. The van der Waals surface area contributed by atoms with Gasteiger partial charge in [0.05, 0.1) is 12.4 Å². The van der Waals surface area contributed by atoms with Crippen LogP contribution in [0.5, 0.6) is 0 Å². The number of amides is 1. The summed E-state index contributed by atoms with van der Waals surface area (Å²) < 4.78 is 0. The van der Waals surface area contributed by atoms with Crippen LogP contribution in [0.1, 0.15) is 28.5 Å². The lowest BCUT2D eigenvalue weighted by Gasteiger charge is -2.17. The Hall–Kier alpha value is -2.43. The molecule has 0 unspecified atom stereocenters. The Bertz CT molecular complexity index is 610. The van der Waals surface area contributed by atoms with Crippen LogP contribution in [0.3, 0.4) is 0 Å². The van der Waals surface area contributed by atoms with E-state index in [0.717, 1.165) is 12.1 Å². The van der Waals surface area contributed by atoms with Gasteiger partial charge >= 0.3 is 0 Å². The van der Waals surface area contributed by atoms with Gasteiger partial charge < -0.3 is 10.2 Å². The molecule has 2 rings (SSSR count). The molecule has 5 nitrogen and oxygen atoms in total. The van der Waals surface area contributed by atoms with Crippen LogP contribution in [0.2, 0.25) is 0 Å². The predicted molar refractivity (Wildman–Crippen MR) is 83.2 cm³/mol. The van der Waals surface area contributed by atoms with Crippen molar-refractivity contribution in [3.05, 3.63) is 53.5 Å². The van der Waals surface area contributed by atoms with Crippen molar-refractivity contribution in [1.82, 2.24) is 14.9 Å². The van der Waals surface area contributed by atoms with Gasteiger partial charge in [0.15, 0.2) is 0 Å². The minimum atomic E-state index is -0.132. The summed E-state index contributed by atoms with van der Waals surface area (Å²) in [6.07, 6.45) is 3.09. The predicted octanol–water partition coefficient (Wildman–Crippen LogP) is 2.49. The summed E-state index contributed by atoms with van der Waals surface area (Å²) in [5, 5.41) is 3.05. The van der Waals surface area contributed by atoms with Crippen molar-refractivity contribution < 1.29 is 4.79 Å². The summed E-state index contributed by atoms with van der Waals surface area (Å²) in [5.74, 6) is 0.544. The summed E-state index contributed by atoms with van der Waals surface area (Å²) in [6.45, 7) is 5.35. The molecule has 1 heterocycles. The SMILES string of the molecule is CCNc1cnc(C(=O)N(C)Cc2cccc(C)c2)cn1. The van der Waals surface area contributed by atoms with Crippen molar-refractivity contribution in [2.24, 2.45) is 0 Å². The van der Waals surface area contributed by atoms with Gasteiger partial charge in [0, 0.05) is 20.1 Å². The van der Waals surface area contributed by atoms with E-state index in [1.165, 1.54) is 11.8 Å². The number of benzene rings is 1. The van der Waals surface area contributed by atoms with Crippen LogP contribution >= 0.6 is 0 Å². The summed E-state index contributed by atoms with van der Waals surface area (Å²) in [4.78, 5) is 22.3. The molecule has 1 aromatic carbocycles. The van der Waals surface area contributed by atoms with E-state index in [4.69, 9.17) is 0 Å². The molecule has 110 valence electrons. The van der Waals surface area contributed by atoms with E-state index >= 15 is 0 Å². The normalized spacial score (nSPS) is 10.2. The van der Waals surface area contributed by atoms with Crippen molar-refractivity contribution in [3.8, 4) is 0 Å². The maximum atomic E-state index is 12.3. The lowest BCUT2D eigenvalue weighted by molar-refractivity contribution is 0.0779. The molecule has 0 fully saturated rings. The number of hydrogen-bond donors (Lipinski definition) is 1. The van der Waals surface area contributed by atoms with E-state index < -0.39 is 0 Å². The Morgan fingerprint density at radius 1 is 1.29 bits per heavy atom. The zero-order valence-corrected chi connectivity index (χ0v) is 12.6. The maximum Gasteiger partial charge on any atom is 0.274 e. The van der Waals surface area contributed by atoms with Gasteiger partial charge in [-0.3, -0.25) is 4.79 Å². The lowest BCUT2D eigenvalue weighted by Crippen LogP contribution is -2.27. The third kappa shape index (κ3) is 4.02. The number of anilines is 1. The fraction of sp³-hybridized carbons (Fsp3) is 0.312. The van der Waals surface area contributed by atoms with E-state index in [1.807, 2.05) is 32.0 Å². The first-order chi connectivity index (χ1) is 10.1. The lowest BCUT2D eigenvalue weighted by atomic mass is 10.1. The van der Waals surface area contributed by atoms with Crippen molar-refractivity contribution in [2.75, 3.05) is 18.9 Å². The average Bonchev–Trinajstić information content (AvgIpc) is 2.47. The molecule has 0 radical (unpaired) electrons. The molecule has 0 saturated carbocycles.